The number of rotatable bonds is 24. The van der Waals surface area contributed by atoms with Crippen LogP contribution in [0.15, 0.2) is 24.3 Å². The Hall–Kier alpha value is -3.59. The molecule has 3 unspecified atom stereocenters. The smallest absolute Gasteiger partial charge is 0.245 e. The van der Waals surface area contributed by atoms with E-state index in [1.807, 2.05) is 84.6 Å². The molecule has 1 saturated carbocycles. The van der Waals surface area contributed by atoms with Gasteiger partial charge in [0.2, 0.25) is 29.4 Å². The summed E-state index contributed by atoms with van der Waals surface area (Å²) in [6, 6.07) is 5.46. The number of benzene rings is 1. The van der Waals surface area contributed by atoms with Crippen LogP contribution < -0.4 is 20.7 Å². The normalized spacial score (nSPS) is 21.7. The summed E-state index contributed by atoms with van der Waals surface area (Å²) in [6.07, 6.45) is 0.386. The monoisotopic (exact) mass is 802 g/mol. The molecule has 10 atom stereocenters. The molecule has 3 rings (SSSR count). The van der Waals surface area contributed by atoms with Crippen LogP contribution >= 0.6 is 0 Å². The average molecular weight is 802 g/mol. The summed E-state index contributed by atoms with van der Waals surface area (Å²) in [7, 11) is 6.59. The van der Waals surface area contributed by atoms with Crippen molar-refractivity contribution in [2.45, 2.75) is 136 Å². The number of hydrogen-bond donors (Lipinski definition) is 3. The number of carbonyl (C=O) groups is 5. The molecule has 0 radical (unpaired) electrons. The molecule has 0 aromatic heterocycles. The van der Waals surface area contributed by atoms with Crippen LogP contribution in [0.2, 0.25) is 0 Å². The second-order valence-electron chi connectivity index (χ2n) is 16.3. The van der Waals surface area contributed by atoms with Gasteiger partial charge in [0.25, 0.3) is 0 Å². The van der Waals surface area contributed by atoms with Gasteiger partial charge in [-0.2, -0.15) is 0 Å². The third-order valence-corrected chi connectivity index (χ3v) is 11.7. The van der Waals surface area contributed by atoms with Crippen LogP contribution in [0.25, 0.3) is 0 Å². The van der Waals surface area contributed by atoms with Crippen LogP contribution in [-0.4, -0.2) is 136 Å². The number of likely N-dealkylation sites (tertiary alicyclic amines) is 1. The van der Waals surface area contributed by atoms with E-state index in [0.717, 1.165) is 18.4 Å². The number of para-hydroxylation sites is 1. The summed E-state index contributed by atoms with van der Waals surface area (Å²) in [6.45, 7) is 16.7. The van der Waals surface area contributed by atoms with Crippen LogP contribution in [0.1, 0.15) is 86.6 Å². The Labute approximate surface area is 340 Å². The number of ketones is 1. The highest BCUT2D eigenvalue weighted by molar-refractivity contribution is 6.05. The van der Waals surface area contributed by atoms with Crippen molar-refractivity contribution in [3.05, 3.63) is 29.8 Å². The van der Waals surface area contributed by atoms with E-state index in [-0.39, 0.29) is 59.6 Å². The third-order valence-electron chi connectivity index (χ3n) is 11.7. The molecule has 57 heavy (non-hydrogen) atoms. The number of methoxy groups -OCH3 is 2. The fourth-order valence-corrected chi connectivity index (χ4v) is 8.16. The quantitative estimate of drug-likeness (QED) is 0.141. The molecule has 2 aliphatic rings. The van der Waals surface area contributed by atoms with Crippen molar-refractivity contribution in [1.82, 2.24) is 25.8 Å². The number of nitrogens with one attached hydrogen (secondary N) is 3. The first-order valence-electron chi connectivity index (χ1n) is 20.8. The SMILES string of the molecule is CCOC1C(=O)C1Oc1ccccc1CCNC(=O)[C@H](C)[C@@H](OC)[C@@H]1CCCN1C(=O)C[C@@H](OC)[C@H](C(C)CC)N(C)C(=O)[C@@H](NC(=O)[C@@H](NC)C(C)C)C(C)C. The molecule has 2 fully saturated rings. The van der Waals surface area contributed by atoms with Gasteiger partial charge in [0, 0.05) is 41.0 Å². The molecule has 1 aliphatic heterocycles. The van der Waals surface area contributed by atoms with Crippen LogP contribution in [-0.2, 0) is 44.6 Å². The molecule has 3 N–H and O–H groups in total. The lowest BCUT2D eigenvalue weighted by Crippen LogP contribution is -2.59. The highest BCUT2D eigenvalue weighted by atomic mass is 16.6. The Balaban J connectivity index is 1.68. The number of nitrogens with zero attached hydrogens (tertiary/aromatic N) is 2. The summed E-state index contributed by atoms with van der Waals surface area (Å²) in [4.78, 5) is 70.7. The van der Waals surface area contributed by atoms with Crippen LogP contribution in [0.5, 0.6) is 5.75 Å². The lowest BCUT2D eigenvalue weighted by molar-refractivity contribution is -0.147. The van der Waals surface area contributed by atoms with E-state index in [2.05, 4.69) is 16.0 Å². The zero-order valence-electron chi connectivity index (χ0n) is 36.5. The molecule has 14 nitrogen and oxygen atoms in total. The second-order valence-corrected chi connectivity index (χ2v) is 16.3. The van der Waals surface area contributed by atoms with Gasteiger partial charge in [0.15, 0.2) is 12.2 Å². The average Bonchev–Trinajstić information content (AvgIpc) is 3.51. The number of Topliss-reactive ketones (excluding diaryl/α,β-unsaturated/α-hetero) is 1. The van der Waals surface area contributed by atoms with Gasteiger partial charge < -0.3 is 44.7 Å². The van der Waals surface area contributed by atoms with Crippen LogP contribution in [0.3, 0.4) is 0 Å². The molecule has 1 saturated heterocycles. The van der Waals surface area contributed by atoms with Crippen molar-refractivity contribution < 1.29 is 42.9 Å². The minimum absolute atomic E-state index is 0.0209. The van der Waals surface area contributed by atoms with Gasteiger partial charge in [-0.05, 0) is 62.6 Å². The zero-order chi connectivity index (χ0) is 42.6. The third kappa shape index (κ3) is 12.2. The van der Waals surface area contributed by atoms with Crippen LogP contribution in [0.4, 0.5) is 0 Å². The van der Waals surface area contributed by atoms with E-state index >= 15 is 0 Å². The van der Waals surface area contributed by atoms with Gasteiger partial charge in [-0.3, -0.25) is 24.0 Å². The lowest BCUT2D eigenvalue weighted by Gasteiger charge is -2.41. The zero-order valence-corrected chi connectivity index (χ0v) is 36.5. The van der Waals surface area contributed by atoms with Gasteiger partial charge in [0.1, 0.15) is 11.8 Å². The predicted octanol–water partition coefficient (Wildman–Crippen LogP) is 3.39. The van der Waals surface area contributed by atoms with Crippen molar-refractivity contribution >= 4 is 29.4 Å². The molecule has 1 heterocycles. The van der Waals surface area contributed by atoms with Crippen molar-refractivity contribution in [3.63, 3.8) is 0 Å². The minimum atomic E-state index is -0.764. The standard InChI is InChI=1S/C43H71N5O9/c1-13-27(7)36(47(10)43(53)35(26(5)6)46-42(52)34(44-9)25(3)4)32(54-11)24-33(49)48-23-17-19-30(48)38(55-12)28(8)41(51)45-22-21-29-18-15-16-20-31(29)57-40-37(50)39(40)56-14-2/h15-16,18,20,25-28,30,32,34-36,38-40,44H,13-14,17,19,21-24H2,1-12H3,(H,45,51)(H,46,52)/t27?,28-,30+,32-,34+,35+,36+,38-,39?,40?/m1/s1. The summed E-state index contributed by atoms with van der Waals surface area (Å²) >= 11 is 0. The van der Waals surface area contributed by atoms with Gasteiger partial charge >= 0.3 is 0 Å². The Kier molecular flexibility index (Phi) is 18.9. The molecule has 0 bridgehead atoms. The highest BCUT2D eigenvalue weighted by Crippen LogP contribution is 2.31. The Bertz CT molecular complexity index is 1490. The molecular weight excluding hydrogens is 730 g/mol. The maximum absolute atomic E-state index is 14.2. The maximum Gasteiger partial charge on any atom is 0.245 e. The molecule has 0 spiro atoms. The minimum Gasteiger partial charge on any atom is -0.479 e. The Morgan fingerprint density at radius 2 is 1.60 bits per heavy atom. The number of amides is 4. The Morgan fingerprint density at radius 1 is 0.930 bits per heavy atom. The largest absolute Gasteiger partial charge is 0.479 e. The first kappa shape index (κ1) is 47.8. The molecule has 4 amide bonds. The van der Waals surface area contributed by atoms with E-state index in [9.17, 15) is 24.0 Å². The van der Waals surface area contributed by atoms with Gasteiger partial charge in [-0.25, -0.2) is 0 Å². The number of ether oxygens (including phenoxy) is 4. The summed E-state index contributed by atoms with van der Waals surface area (Å²) in [5.74, 6) is -1.01. The van der Waals surface area contributed by atoms with Crippen molar-refractivity contribution in [3.8, 4) is 5.75 Å². The maximum atomic E-state index is 14.2. The summed E-state index contributed by atoms with van der Waals surface area (Å²) in [5.41, 5.74) is 0.866. The van der Waals surface area contributed by atoms with Gasteiger partial charge in [-0.15, -0.1) is 0 Å². The molecular formula is C43H71N5O9. The first-order valence-corrected chi connectivity index (χ1v) is 20.8. The fraction of sp³-hybridized carbons (Fsp3) is 0.744. The Morgan fingerprint density at radius 3 is 2.18 bits per heavy atom. The van der Waals surface area contributed by atoms with Gasteiger partial charge in [0.05, 0.1) is 42.7 Å². The summed E-state index contributed by atoms with van der Waals surface area (Å²) < 4.78 is 23.4. The fourth-order valence-electron chi connectivity index (χ4n) is 8.16. The van der Waals surface area contributed by atoms with Crippen molar-refractivity contribution in [1.29, 1.82) is 0 Å². The first-order chi connectivity index (χ1) is 27.1. The van der Waals surface area contributed by atoms with Crippen molar-refractivity contribution in [2.75, 3.05) is 48.0 Å². The molecule has 1 aromatic carbocycles. The highest BCUT2D eigenvalue weighted by Gasteiger charge is 2.53. The number of likely N-dealkylation sites (N-methyl/N-ethyl adjacent to an activating group) is 2. The van der Waals surface area contributed by atoms with E-state index in [4.69, 9.17) is 18.9 Å². The lowest BCUT2D eigenvalue weighted by atomic mass is 9.89. The van der Waals surface area contributed by atoms with Gasteiger partial charge in [-0.1, -0.05) is 73.1 Å². The topological polar surface area (TPSA) is 165 Å². The number of hydrogen-bond acceptors (Lipinski definition) is 10. The van der Waals surface area contributed by atoms with E-state index < -0.39 is 48.5 Å². The molecule has 1 aromatic rings. The van der Waals surface area contributed by atoms with E-state index in [1.165, 1.54) is 0 Å². The number of carbonyl (C=O) groups excluding carboxylic acids is 5. The molecule has 14 heteroatoms. The second kappa shape index (κ2) is 22.5. The molecule has 322 valence electrons. The summed E-state index contributed by atoms with van der Waals surface area (Å²) in [5, 5.41) is 9.07. The van der Waals surface area contributed by atoms with Crippen LogP contribution in [0, 0.1) is 23.7 Å². The van der Waals surface area contributed by atoms with E-state index in [1.54, 1.807) is 33.2 Å². The predicted molar refractivity (Wildman–Crippen MR) is 219 cm³/mol. The van der Waals surface area contributed by atoms with Crippen molar-refractivity contribution in [2.24, 2.45) is 23.7 Å². The molecule has 1 aliphatic carbocycles. The van der Waals surface area contributed by atoms with E-state index in [0.29, 0.717) is 38.3 Å².